The van der Waals surface area contributed by atoms with Crippen LogP contribution in [0.3, 0.4) is 0 Å². The van der Waals surface area contributed by atoms with E-state index in [-0.39, 0.29) is 11.9 Å². The summed E-state index contributed by atoms with van der Waals surface area (Å²) in [4.78, 5) is 12.5. The van der Waals surface area contributed by atoms with Gasteiger partial charge in [-0.1, -0.05) is 23.9 Å². The Morgan fingerprint density at radius 1 is 1.27 bits per heavy atom. The molecule has 1 saturated carbocycles. The molecule has 1 spiro atoms. The number of imidazole rings is 1. The van der Waals surface area contributed by atoms with Gasteiger partial charge in [0.1, 0.15) is 5.75 Å². The van der Waals surface area contributed by atoms with Gasteiger partial charge in [-0.05, 0) is 44.4 Å². The highest BCUT2D eigenvalue weighted by atomic mass is 32.2. The molecule has 2 aliphatic rings. The van der Waals surface area contributed by atoms with Gasteiger partial charge in [0.15, 0.2) is 10.9 Å². The molecule has 1 saturated heterocycles. The first kappa shape index (κ1) is 19.8. The summed E-state index contributed by atoms with van der Waals surface area (Å²) >= 11 is 1.66. The van der Waals surface area contributed by atoms with Crippen LogP contribution in [0.15, 0.2) is 41.7 Å². The number of H-pyrrole nitrogens is 1. The van der Waals surface area contributed by atoms with Crippen molar-refractivity contribution in [1.82, 2.24) is 15.0 Å². The zero-order valence-electron chi connectivity index (χ0n) is 17.2. The van der Waals surface area contributed by atoms with Crippen LogP contribution in [-0.2, 0) is 15.2 Å². The molecule has 2 aromatic heterocycles. The fourth-order valence-corrected chi connectivity index (χ4v) is 4.88. The second kappa shape index (κ2) is 8.57. The number of benzene rings is 1. The molecule has 1 N–H and O–H groups in total. The molecular weight excluding hydrogens is 398 g/mol. The first-order valence-corrected chi connectivity index (χ1v) is 11.7. The van der Waals surface area contributed by atoms with E-state index >= 15 is 0 Å². The standard InChI is InChI=1S/C23H27N3O3S/c1-16-20(15-30-22-25-18-7-2-3-8-19(18)26-22)24-12-9-21(16)27-13-4-6-17-14-28-23(29-17)10-5-11-23/h2-3,7-9,12,17H,4-6,10-11,13-15H2,1H3,(H,25,26)/t17-/m0/s1. The highest BCUT2D eigenvalue weighted by molar-refractivity contribution is 7.98. The van der Waals surface area contributed by atoms with Crippen molar-refractivity contribution in [2.45, 2.75) is 61.8 Å². The normalized spacial score (nSPS) is 20.0. The van der Waals surface area contributed by atoms with Gasteiger partial charge < -0.3 is 19.2 Å². The number of nitrogens with zero attached hydrogens (tertiary/aromatic N) is 2. The Bertz CT molecular complexity index is 985. The van der Waals surface area contributed by atoms with E-state index < -0.39 is 0 Å². The summed E-state index contributed by atoms with van der Waals surface area (Å²) in [6, 6.07) is 10.0. The molecule has 1 atom stereocenters. The van der Waals surface area contributed by atoms with Gasteiger partial charge in [-0.15, -0.1) is 0 Å². The van der Waals surface area contributed by atoms with E-state index in [0.29, 0.717) is 6.61 Å². The first-order valence-electron chi connectivity index (χ1n) is 10.7. The molecule has 158 valence electrons. The van der Waals surface area contributed by atoms with Gasteiger partial charge >= 0.3 is 0 Å². The van der Waals surface area contributed by atoms with Crippen LogP contribution in [0.2, 0.25) is 0 Å². The van der Waals surface area contributed by atoms with Gasteiger partial charge in [0, 0.05) is 30.4 Å². The minimum atomic E-state index is -0.236. The molecule has 0 unspecified atom stereocenters. The zero-order valence-corrected chi connectivity index (χ0v) is 18.0. The van der Waals surface area contributed by atoms with Gasteiger partial charge in [-0.2, -0.15) is 0 Å². The molecule has 1 aliphatic carbocycles. The maximum absolute atomic E-state index is 6.08. The van der Waals surface area contributed by atoms with Crippen LogP contribution in [0.25, 0.3) is 11.0 Å². The molecule has 2 fully saturated rings. The monoisotopic (exact) mass is 425 g/mol. The zero-order chi connectivity index (χ0) is 20.4. The molecule has 3 heterocycles. The molecule has 1 aromatic carbocycles. The van der Waals surface area contributed by atoms with E-state index in [4.69, 9.17) is 14.2 Å². The number of fused-ring (bicyclic) bond motifs is 1. The molecule has 1 aliphatic heterocycles. The quantitative estimate of drug-likeness (QED) is 0.404. The smallest absolute Gasteiger partial charge is 0.168 e. The summed E-state index contributed by atoms with van der Waals surface area (Å²) in [6.07, 6.45) is 7.27. The van der Waals surface area contributed by atoms with Crippen LogP contribution < -0.4 is 4.74 Å². The third-order valence-corrected chi connectivity index (χ3v) is 6.81. The minimum absolute atomic E-state index is 0.211. The van der Waals surface area contributed by atoms with Gasteiger partial charge in [0.2, 0.25) is 0 Å². The van der Waals surface area contributed by atoms with E-state index in [0.717, 1.165) is 71.2 Å². The largest absolute Gasteiger partial charge is 0.493 e. The lowest BCUT2D eigenvalue weighted by Crippen LogP contribution is -2.38. The second-order valence-corrected chi connectivity index (χ2v) is 9.00. The number of aromatic amines is 1. The maximum Gasteiger partial charge on any atom is 0.168 e. The van der Waals surface area contributed by atoms with Crippen molar-refractivity contribution in [2.75, 3.05) is 13.2 Å². The predicted molar refractivity (Wildman–Crippen MR) is 117 cm³/mol. The van der Waals surface area contributed by atoms with Gasteiger partial charge in [-0.25, -0.2) is 4.98 Å². The summed E-state index contributed by atoms with van der Waals surface area (Å²) in [6.45, 7) is 3.47. The Morgan fingerprint density at radius 2 is 2.17 bits per heavy atom. The third kappa shape index (κ3) is 4.19. The number of ether oxygens (including phenoxy) is 3. The average molecular weight is 426 g/mol. The topological polar surface area (TPSA) is 69.3 Å². The fourth-order valence-electron chi connectivity index (χ4n) is 3.97. The highest BCUT2D eigenvalue weighted by Crippen LogP contribution is 2.42. The van der Waals surface area contributed by atoms with Crippen LogP contribution in [0.1, 0.15) is 43.4 Å². The Morgan fingerprint density at radius 3 is 2.97 bits per heavy atom. The number of pyridine rings is 1. The number of aromatic nitrogens is 3. The molecule has 0 amide bonds. The lowest BCUT2D eigenvalue weighted by Gasteiger charge is -2.36. The SMILES string of the molecule is Cc1c(OCCC[C@H]2COC3(CCC3)O2)ccnc1CSc1nc2ccccc2[nH]1. The molecule has 0 radical (unpaired) electrons. The third-order valence-electron chi connectivity index (χ3n) is 5.93. The van der Waals surface area contributed by atoms with E-state index in [9.17, 15) is 0 Å². The summed E-state index contributed by atoms with van der Waals surface area (Å²) in [5.41, 5.74) is 4.16. The number of hydrogen-bond donors (Lipinski definition) is 1. The van der Waals surface area contributed by atoms with Crippen LogP contribution in [0.4, 0.5) is 0 Å². The van der Waals surface area contributed by atoms with E-state index in [1.165, 1.54) is 6.42 Å². The Balaban J connectivity index is 1.11. The Kier molecular flexibility index (Phi) is 5.67. The van der Waals surface area contributed by atoms with Crippen molar-refractivity contribution in [3.05, 3.63) is 47.8 Å². The average Bonchev–Trinajstić information content (AvgIpc) is 3.35. The van der Waals surface area contributed by atoms with E-state index in [2.05, 4.69) is 21.9 Å². The van der Waals surface area contributed by atoms with Crippen molar-refractivity contribution in [3.8, 4) is 5.75 Å². The van der Waals surface area contributed by atoms with E-state index in [1.54, 1.807) is 11.8 Å². The van der Waals surface area contributed by atoms with Crippen LogP contribution in [0.5, 0.6) is 5.75 Å². The minimum Gasteiger partial charge on any atom is -0.493 e. The van der Waals surface area contributed by atoms with E-state index in [1.807, 2.05) is 36.5 Å². The maximum atomic E-state index is 6.08. The van der Waals surface area contributed by atoms with Crippen LogP contribution in [0, 0.1) is 6.92 Å². The molecule has 0 bridgehead atoms. The van der Waals surface area contributed by atoms with Crippen molar-refractivity contribution in [3.63, 3.8) is 0 Å². The first-order chi connectivity index (χ1) is 14.7. The molecule has 3 aromatic rings. The molecule has 5 rings (SSSR count). The predicted octanol–water partition coefficient (Wildman–Crippen LogP) is 5.01. The second-order valence-electron chi connectivity index (χ2n) is 8.03. The van der Waals surface area contributed by atoms with Gasteiger partial charge in [-0.3, -0.25) is 4.98 Å². The van der Waals surface area contributed by atoms with Crippen LogP contribution in [-0.4, -0.2) is 40.1 Å². The van der Waals surface area contributed by atoms with Gasteiger partial charge in [0.05, 0.1) is 36.0 Å². The molecule has 6 nitrogen and oxygen atoms in total. The van der Waals surface area contributed by atoms with Crippen molar-refractivity contribution >= 4 is 22.8 Å². The highest BCUT2D eigenvalue weighted by Gasteiger charge is 2.46. The Labute approximate surface area is 180 Å². The number of para-hydroxylation sites is 2. The van der Waals surface area contributed by atoms with Crippen molar-refractivity contribution in [2.24, 2.45) is 0 Å². The summed E-state index contributed by atoms with van der Waals surface area (Å²) in [5.74, 6) is 1.42. The number of rotatable bonds is 8. The van der Waals surface area contributed by atoms with Crippen LogP contribution >= 0.6 is 11.8 Å². The van der Waals surface area contributed by atoms with Crippen molar-refractivity contribution in [1.29, 1.82) is 0 Å². The fraction of sp³-hybridized carbons (Fsp3) is 0.478. The van der Waals surface area contributed by atoms with Crippen molar-refractivity contribution < 1.29 is 14.2 Å². The summed E-state index contributed by atoms with van der Waals surface area (Å²) in [7, 11) is 0. The number of hydrogen-bond acceptors (Lipinski definition) is 6. The summed E-state index contributed by atoms with van der Waals surface area (Å²) < 4.78 is 18.0. The molecular formula is C23H27N3O3S. The van der Waals surface area contributed by atoms with Gasteiger partial charge in [0.25, 0.3) is 0 Å². The lowest BCUT2D eigenvalue weighted by molar-refractivity contribution is -0.216. The lowest BCUT2D eigenvalue weighted by atomic mass is 9.91. The number of thioether (sulfide) groups is 1. The Hall–Kier alpha value is -2.09. The summed E-state index contributed by atoms with van der Waals surface area (Å²) in [5, 5.41) is 0.909. The molecule has 30 heavy (non-hydrogen) atoms. The number of nitrogens with one attached hydrogen (secondary N) is 1. The molecule has 7 heteroatoms.